The van der Waals surface area contributed by atoms with Crippen molar-refractivity contribution in [2.45, 2.75) is 82.7 Å². The molecule has 8 nitrogen and oxygen atoms in total. The molecule has 1 saturated carbocycles. The molecule has 5 rings (SSSR count). The molecule has 1 aromatic carbocycles. The largest absolute Gasteiger partial charge is 0.497 e. The molecule has 2 heterocycles. The summed E-state index contributed by atoms with van der Waals surface area (Å²) in [6.45, 7) is -0.474. The number of hydrogen-bond donors (Lipinski definition) is 1. The number of carbonyl (C=O) groups excluding carboxylic acids is 2. The highest BCUT2D eigenvalue weighted by molar-refractivity contribution is 5.89. The summed E-state index contributed by atoms with van der Waals surface area (Å²) in [5.74, 6) is 0.142. The maximum atomic E-state index is 14.0. The van der Waals surface area contributed by atoms with Crippen molar-refractivity contribution in [3.8, 4) is 5.75 Å². The average Bonchev–Trinajstić information content (AvgIpc) is 3.71. The number of benzene rings is 1. The summed E-state index contributed by atoms with van der Waals surface area (Å²) in [6.07, 6.45) is 2.63. The number of furan rings is 1. The second kappa shape index (κ2) is 11.8. The van der Waals surface area contributed by atoms with E-state index in [2.05, 4.69) is 10.4 Å². The zero-order valence-electron chi connectivity index (χ0n) is 22.4. The minimum absolute atomic E-state index is 0.00120. The number of fused-ring (bicyclic) bond motifs is 1. The molecule has 0 bridgehead atoms. The van der Waals surface area contributed by atoms with Crippen LogP contribution in [-0.4, -0.2) is 39.6 Å². The molecule has 40 heavy (non-hydrogen) atoms. The third-order valence-electron chi connectivity index (χ3n) is 7.73. The lowest BCUT2D eigenvalue weighted by Crippen LogP contribution is -2.46. The Labute approximate surface area is 230 Å². The van der Waals surface area contributed by atoms with Crippen molar-refractivity contribution in [3.05, 3.63) is 70.9 Å². The average molecular weight is 559 g/mol. The highest BCUT2D eigenvalue weighted by atomic mass is 19.4. The fourth-order valence-corrected chi connectivity index (χ4v) is 5.75. The third kappa shape index (κ3) is 6.03. The molecule has 11 heteroatoms. The summed E-state index contributed by atoms with van der Waals surface area (Å²) < 4.78 is 53.4. The Morgan fingerprint density at radius 2 is 1.85 bits per heavy atom. The molecule has 2 aromatic heterocycles. The van der Waals surface area contributed by atoms with E-state index in [1.165, 1.54) is 23.0 Å². The van der Waals surface area contributed by atoms with Gasteiger partial charge in [-0.05, 0) is 68.4 Å². The van der Waals surface area contributed by atoms with Gasteiger partial charge in [0.1, 0.15) is 24.1 Å². The van der Waals surface area contributed by atoms with Crippen LogP contribution in [0.15, 0.2) is 47.1 Å². The molecule has 1 fully saturated rings. The molecule has 214 valence electrons. The van der Waals surface area contributed by atoms with E-state index in [0.29, 0.717) is 35.6 Å². The van der Waals surface area contributed by atoms with E-state index >= 15 is 0 Å². The van der Waals surface area contributed by atoms with Crippen LogP contribution in [0.25, 0.3) is 0 Å². The van der Waals surface area contributed by atoms with Crippen LogP contribution in [-0.2, 0) is 41.7 Å². The van der Waals surface area contributed by atoms with E-state index in [9.17, 15) is 22.8 Å². The van der Waals surface area contributed by atoms with Crippen molar-refractivity contribution >= 4 is 11.8 Å². The summed E-state index contributed by atoms with van der Waals surface area (Å²) in [7, 11) is 1.53. The summed E-state index contributed by atoms with van der Waals surface area (Å²) in [4.78, 5) is 29.2. The standard InChI is InChI=1S/C29H33F3N4O4/c1-39-21-14-12-19(13-15-21)26(28(38)33-20-7-2-3-8-20)35(17-22-9-6-16-40-22)25(37)18-36-24-11-5-4-10-23(24)27(34-36)29(30,31)32/h6,9,12-16,20,26H,2-5,7-8,10-11,17-18H2,1H3,(H,33,38)/t26-/m0/s1. The summed E-state index contributed by atoms with van der Waals surface area (Å²) >= 11 is 0. The zero-order chi connectivity index (χ0) is 28.3. The van der Waals surface area contributed by atoms with E-state index < -0.39 is 30.4 Å². The van der Waals surface area contributed by atoms with Crippen molar-refractivity contribution in [2.24, 2.45) is 0 Å². The van der Waals surface area contributed by atoms with Gasteiger partial charge in [0.2, 0.25) is 11.8 Å². The molecule has 0 saturated heterocycles. The van der Waals surface area contributed by atoms with Crippen LogP contribution < -0.4 is 10.1 Å². The zero-order valence-corrected chi connectivity index (χ0v) is 22.4. The molecule has 1 N–H and O–H groups in total. The maximum absolute atomic E-state index is 14.0. The minimum Gasteiger partial charge on any atom is -0.497 e. The Balaban J connectivity index is 1.52. The van der Waals surface area contributed by atoms with Gasteiger partial charge in [-0.25, -0.2) is 0 Å². The first-order valence-electron chi connectivity index (χ1n) is 13.7. The Morgan fingerprint density at radius 1 is 1.12 bits per heavy atom. The van der Waals surface area contributed by atoms with Crippen molar-refractivity contribution in [2.75, 3.05) is 7.11 Å². The van der Waals surface area contributed by atoms with Gasteiger partial charge in [-0.1, -0.05) is 25.0 Å². The lowest BCUT2D eigenvalue weighted by Gasteiger charge is -2.32. The van der Waals surface area contributed by atoms with Gasteiger partial charge in [0.05, 0.1) is 19.9 Å². The van der Waals surface area contributed by atoms with Crippen LogP contribution in [0, 0.1) is 0 Å². The molecule has 0 unspecified atom stereocenters. The van der Waals surface area contributed by atoms with Crippen LogP contribution in [0.5, 0.6) is 5.75 Å². The predicted octanol–water partition coefficient (Wildman–Crippen LogP) is 5.21. The molecule has 2 aliphatic rings. The van der Waals surface area contributed by atoms with E-state index in [1.54, 1.807) is 36.4 Å². The number of amides is 2. The van der Waals surface area contributed by atoms with Gasteiger partial charge in [-0.15, -0.1) is 0 Å². The van der Waals surface area contributed by atoms with Gasteiger partial charge in [0, 0.05) is 17.3 Å². The van der Waals surface area contributed by atoms with Gasteiger partial charge in [-0.2, -0.15) is 18.3 Å². The second-order valence-corrected chi connectivity index (χ2v) is 10.4. The highest BCUT2D eigenvalue weighted by Crippen LogP contribution is 2.36. The number of methoxy groups -OCH3 is 1. The third-order valence-corrected chi connectivity index (χ3v) is 7.73. The number of carbonyl (C=O) groups is 2. The predicted molar refractivity (Wildman–Crippen MR) is 139 cm³/mol. The maximum Gasteiger partial charge on any atom is 0.435 e. The van der Waals surface area contributed by atoms with Gasteiger partial charge in [0.25, 0.3) is 0 Å². The summed E-state index contributed by atoms with van der Waals surface area (Å²) in [5.41, 5.74) is 0.212. The SMILES string of the molecule is COc1ccc([C@@H](C(=O)NC2CCCC2)N(Cc2ccco2)C(=O)Cn2nc(C(F)(F)F)c3c2CCCC3)cc1. The van der Waals surface area contributed by atoms with Crippen molar-refractivity contribution in [1.29, 1.82) is 0 Å². The second-order valence-electron chi connectivity index (χ2n) is 10.4. The van der Waals surface area contributed by atoms with Crippen LogP contribution in [0.3, 0.4) is 0 Å². The normalized spacial score (nSPS) is 16.4. The van der Waals surface area contributed by atoms with Crippen LogP contribution in [0.4, 0.5) is 13.2 Å². The van der Waals surface area contributed by atoms with Gasteiger partial charge in [-0.3, -0.25) is 14.3 Å². The number of aromatic nitrogens is 2. The lowest BCUT2D eigenvalue weighted by atomic mass is 9.95. The van der Waals surface area contributed by atoms with Crippen molar-refractivity contribution in [1.82, 2.24) is 20.0 Å². The number of hydrogen-bond acceptors (Lipinski definition) is 5. The van der Waals surface area contributed by atoms with E-state index in [1.807, 2.05) is 0 Å². The first-order chi connectivity index (χ1) is 19.2. The van der Waals surface area contributed by atoms with E-state index in [-0.39, 0.29) is 30.5 Å². The Kier molecular flexibility index (Phi) is 8.18. The molecule has 1 atom stereocenters. The van der Waals surface area contributed by atoms with Crippen molar-refractivity contribution < 1.29 is 31.9 Å². The topological polar surface area (TPSA) is 89.6 Å². The first-order valence-corrected chi connectivity index (χ1v) is 13.7. The van der Waals surface area contributed by atoms with Crippen LogP contribution in [0.2, 0.25) is 0 Å². The Morgan fingerprint density at radius 3 is 2.50 bits per heavy atom. The Bertz CT molecular complexity index is 1310. The number of nitrogens with zero attached hydrogens (tertiary/aromatic N) is 3. The highest BCUT2D eigenvalue weighted by Gasteiger charge is 2.40. The monoisotopic (exact) mass is 558 g/mol. The van der Waals surface area contributed by atoms with Gasteiger partial charge < -0.3 is 19.4 Å². The smallest absolute Gasteiger partial charge is 0.435 e. The summed E-state index contributed by atoms with van der Waals surface area (Å²) in [6, 6.07) is 9.19. The van der Waals surface area contributed by atoms with Gasteiger partial charge >= 0.3 is 6.18 Å². The molecule has 3 aromatic rings. The fraction of sp³-hybridized carbons (Fsp3) is 0.483. The van der Waals surface area contributed by atoms with Crippen molar-refractivity contribution in [3.63, 3.8) is 0 Å². The number of ether oxygens (including phenoxy) is 1. The number of rotatable bonds is 9. The Hall–Kier alpha value is -3.76. The first kappa shape index (κ1) is 27.8. The molecule has 2 aliphatic carbocycles. The molecule has 0 aliphatic heterocycles. The molecule has 0 spiro atoms. The van der Waals surface area contributed by atoms with E-state index in [4.69, 9.17) is 9.15 Å². The quantitative estimate of drug-likeness (QED) is 0.390. The fourth-order valence-electron chi connectivity index (χ4n) is 5.75. The summed E-state index contributed by atoms with van der Waals surface area (Å²) in [5, 5.41) is 6.96. The number of halogens is 3. The van der Waals surface area contributed by atoms with Crippen LogP contribution >= 0.6 is 0 Å². The minimum atomic E-state index is -4.61. The lowest BCUT2D eigenvalue weighted by molar-refractivity contribution is -0.144. The molecular weight excluding hydrogens is 525 g/mol. The molecule has 0 radical (unpaired) electrons. The molecule has 2 amide bonds. The van der Waals surface area contributed by atoms with Crippen LogP contribution in [0.1, 0.15) is 72.8 Å². The van der Waals surface area contributed by atoms with Gasteiger partial charge in [0.15, 0.2) is 5.69 Å². The van der Waals surface area contributed by atoms with E-state index in [0.717, 1.165) is 32.1 Å². The number of nitrogens with one attached hydrogen (secondary N) is 1. The molecular formula is C29H33F3N4O4. The number of alkyl halides is 3.